The fraction of sp³-hybridized carbons (Fsp3) is 0.158. The predicted molar refractivity (Wildman–Crippen MR) is 101 cm³/mol. The number of aromatic nitrogens is 5. The summed E-state index contributed by atoms with van der Waals surface area (Å²) in [4.78, 5) is 21.3. The highest BCUT2D eigenvalue weighted by Gasteiger charge is 2.19. The summed E-state index contributed by atoms with van der Waals surface area (Å²) in [6, 6.07) is 14.7. The minimum Gasteiger partial charge on any atom is -0.496 e. The van der Waals surface area contributed by atoms with Gasteiger partial charge in [0.2, 0.25) is 11.9 Å². The highest BCUT2D eigenvalue weighted by Crippen LogP contribution is 2.27. The Balaban J connectivity index is 1.54. The second kappa shape index (κ2) is 6.91. The van der Waals surface area contributed by atoms with Crippen molar-refractivity contribution < 1.29 is 9.53 Å². The topological polar surface area (TPSA) is 97.7 Å². The van der Waals surface area contributed by atoms with Crippen LogP contribution in [0.15, 0.2) is 54.9 Å². The average molecular weight is 362 g/mol. The number of anilines is 1. The molecule has 0 bridgehead atoms. The Morgan fingerprint density at radius 2 is 1.96 bits per heavy atom. The molecule has 2 heterocycles. The fourth-order valence-electron chi connectivity index (χ4n) is 2.91. The van der Waals surface area contributed by atoms with E-state index in [1.807, 2.05) is 53.1 Å². The van der Waals surface area contributed by atoms with Crippen LogP contribution >= 0.6 is 0 Å². The van der Waals surface area contributed by atoms with Gasteiger partial charge in [0.25, 0.3) is 0 Å². The first-order valence-corrected chi connectivity index (χ1v) is 8.45. The van der Waals surface area contributed by atoms with Gasteiger partial charge in [-0.1, -0.05) is 24.3 Å². The molecule has 4 rings (SSSR count). The number of hydrogen-bond donors (Lipinski definition) is 2. The van der Waals surface area contributed by atoms with Gasteiger partial charge in [-0.25, -0.2) is 4.98 Å². The van der Waals surface area contributed by atoms with Crippen LogP contribution in [-0.4, -0.2) is 37.7 Å². The molecule has 136 valence electrons. The summed E-state index contributed by atoms with van der Waals surface area (Å²) in [6.45, 7) is 1.80. The summed E-state index contributed by atoms with van der Waals surface area (Å²) < 4.78 is 7.15. The fourth-order valence-corrected chi connectivity index (χ4v) is 2.91. The number of H-pyrrole nitrogens is 1. The molecule has 0 aliphatic heterocycles. The van der Waals surface area contributed by atoms with Crippen molar-refractivity contribution in [3.05, 3.63) is 54.9 Å². The molecule has 2 aromatic carbocycles. The van der Waals surface area contributed by atoms with Gasteiger partial charge in [-0.2, -0.15) is 4.98 Å². The zero-order valence-electron chi connectivity index (χ0n) is 14.9. The molecule has 4 aromatic rings. The normalized spacial score (nSPS) is 12.1. The lowest BCUT2D eigenvalue weighted by atomic mass is 10.2. The van der Waals surface area contributed by atoms with Crippen molar-refractivity contribution >= 4 is 22.9 Å². The van der Waals surface area contributed by atoms with E-state index in [-0.39, 0.29) is 11.9 Å². The van der Waals surface area contributed by atoms with Crippen molar-refractivity contribution in [2.24, 2.45) is 0 Å². The summed E-state index contributed by atoms with van der Waals surface area (Å²) in [7, 11) is 1.59. The van der Waals surface area contributed by atoms with Crippen molar-refractivity contribution in [2.75, 3.05) is 12.4 Å². The molecule has 1 atom stereocenters. The minimum absolute atomic E-state index is 0.206. The first-order chi connectivity index (χ1) is 13.2. The van der Waals surface area contributed by atoms with Crippen LogP contribution in [0.3, 0.4) is 0 Å². The lowest BCUT2D eigenvalue weighted by Crippen LogP contribution is -2.23. The molecule has 2 N–H and O–H groups in total. The van der Waals surface area contributed by atoms with Gasteiger partial charge in [0.15, 0.2) is 5.82 Å². The highest BCUT2D eigenvalue weighted by atomic mass is 16.5. The summed E-state index contributed by atoms with van der Waals surface area (Å²) in [5.74, 6) is 1.16. The van der Waals surface area contributed by atoms with E-state index in [1.165, 1.54) is 0 Å². The van der Waals surface area contributed by atoms with E-state index in [0.717, 1.165) is 16.6 Å². The van der Waals surface area contributed by atoms with Crippen LogP contribution < -0.4 is 10.1 Å². The summed E-state index contributed by atoms with van der Waals surface area (Å²) >= 11 is 0. The van der Waals surface area contributed by atoms with Crippen molar-refractivity contribution in [1.82, 2.24) is 24.7 Å². The van der Waals surface area contributed by atoms with Crippen LogP contribution in [0.4, 0.5) is 5.95 Å². The van der Waals surface area contributed by atoms with Crippen molar-refractivity contribution in [3.8, 4) is 17.1 Å². The molecule has 0 aliphatic rings. The molecule has 0 saturated carbocycles. The summed E-state index contributed by atoms with van der Waals surface area (Å²) in [5, 5.41) is 9.66. The van der Waals surface area contributed by atoms with Crippen LogP contribution in [0.2, 0.25) is 0 Å². The molecular formula is C19H18N6O2. The summed E-state index contributed by atoms with van der Waals surface area (Å²) in [5.41, 5.74) is 2.50. The lowest BCUT2D eigenvalue weighted by molar-refractivity contribution is -0.118. The van der Waals surface area contributed by atoms with Gasteiger partial charge < -0.3 is 9.30 Å². The number of ether oxygens (including phenoxy) is 1. The van der Waals surface area contributed by atoms with E-state index in [4.69, 9.17) is 4.74 Å². The van der Waals surface area contributed by atoms with Crippen molar-refractivity contribution in [2.45, 2.75) is 13.0 Å². The molecule has 8 heteroatoms. The molecule has 0 unspecified atom stereocenters. The van der Waals surface area contributed by atoms with Crippen LogP contribution in [0, 0.1) is 0 Å². The standard InChI is InChI=1S/C19H18N6O2/c1-12(25-11-20-14-8-4-5-9-15(14)25)18(26)22-19-21-17(23-24-19)13-7-3-6-10-16(13)27-2/h3-12H,1-2H3,(H2,21,22,23,24,26)/t12-/m0/s1. The first-order valence-electron chi connectivity index (χ1n) is 8.45. The summed E-state index contributed by atoms with van der Waals surface area (Å²) in [6.07, 6.45) is 1.66. The maximum Gasteiger partial charge on any atom is 0.249 e. The number of nitrogens with one attached hydrogen (secondary N) is 2. The number of rotatable bonds is 5. The van der Waals surface area contributed by atoms with Crippen molar-refractivity contribution in [1.29, 1.82) is 0 Å². The van der Waals surface area contributed by atoms with E-state index >= 15 is 0 Å². The highest BCUT2D eigenvalue weighted by molar-refractivity contribution is 5.93. The molecule has 2 aromatic heterocycles. The zero-order valence-corrected chi connectivity index (χ0v) is 14.9. The Labute approximate surface area is 155 Å². The Kier molecular flexibility index (Phi) is 4.29. The number of fused-ring (bicyclic) bond motifs is 1. The number of imidazole rings is 1. The monoisotopic (exact) mass is 362 g/mol. The quantitative estimate of drug-likeness (QED) is 0.569. The number of para-hydroxylation sites is 3. The van der Waals surface area contributed by atoms with E-state index in [1.54, 1.807) is 20.4 Å². The van der Waals surface area contributed by atoms with Gasteiger partial charge in [0.05, 0.1) is 30.0 Å². The van der Waals surface area contributed by atoms with Crippen LogP contribution in [0.1, 0.15) is 13.0 Å². The lowest BCUT2D eigenvalue weighted by Gasteiger charge is -2.12. The average Bonchev–Trinajstić information content (AvgIpc) is 3.34. The second-order valence-corrected chi connectivity index (χ2v) is 6.01. The maximum atomic E-state index is 12.6. The van der Waals surface area contributed by atoms with Gasteiger partial charge in [0, 0.05) is 0 Å². The number of carbonyl (C=O) groups excluding carboxylic acids is 1. The number of methoxy groups -OCH3 is 1. The van der Waals surface area contributed by atoms with Gasteiger partial charge in [-0.3, -0.25) is 15.2 Å². The molecule has 0 saturated heterocycles. The first kappa shape index (κ1) is 16.8. The molecule has 0 fully saturated rings. The largest absolute Gasteiger partial charge is 0.496 e. The Bertz CT molecular complexity index is 1100. The molecule has 27 heavy (non-hydrogen) atoms. The van der Waals surface area contributed by atoms with E-state index < -0.39 is 6.04 Å². The molecule has 8 nitrogen and oxygen atoms in total. The van der Waals surface area contributed by atoms with Gasteiger partial charge in [-0.15, -0.1) is 5.10 Å². The number of amides is 1. The number of nitrogens with zero attached hydrogens (tertiary/aromatic N) is 4. The van der Waals surface area contributed by atoms with Crippen LogP contribution in [0.5, 0.6) is 5.75 Å². The minimum atomic E-state index is -0.467. The second-order valence-electron chi connectivity index (χ2n) is 6.01. The molecule has 0 radical (unpaired) electrons. The van der Waals surface area contributed by atoms with Gasteiger partial charge >= 0.3 is 0 Å². The zero-order chi connectivity index (χ0) is 18.8. The third-order valence-corrected chi connectivity index (χ3v) is 4.36. The molecular weight excluding hydrogens is 344 g/mol. The van der Waals surface area contributed by atoms with Gasteiger partial charge in [0.1, 0.15) is 11.8 Å². The number of aromatic amines is 1. The van der Waals surface area contributed by atoms with E-state index in [2.05, 4.69) is 25.5 Å². The van der Waals surface area contributed by atoms with Crippen LogP contribution in [-0.2, 0) is 4.79 Å². The maximum absolute atomic E-state index is 12.6. The Hall–Kier alpha value is -3.68. The van der Waals surface area contributed by atoms with Crippen molar-refractivity contribution in [3.63, 3.8) is 0 Å². The molecule has 0 spiro atoms. The van der Waals surface area contributed by atoms with E-state index in [9.17, 15) is 4.79 Å². The van der Waals surface area contributed by atoms with Gasteiger partial charge in [-0.05, 0) is 31.2 Å². The number of hydrogen-bond acceptors (Lipinski definition) is 5. The number of benzene rings is 2. The Morgan fingerprint density at radius 3 is 2.81 bits per heavy atom. The predicted octanol–water partition coefficient (Wildman–Crippen LogP) is 3.03. The molecule has 0 aliphatic carbocycles. The van der Waals surface area contributed by atoms with Crippen LogP contribution in [0.25, 0.3) is 22.4 Å². The molecule has 1 amide bonds. The van der Waals surface area contributed by atoms with E-state index in [0.29, 0.717) is 11.6 Å². The number of carbonyl (C=O) groups is 1. The third-order valence-electron chi connectivity index (χ3n) is 4.36. The Morgan fingerprint density at radius 1 is 1.19 bits per heavy atom. The SMILES string of the molecule is COc1ccccc1-c1nc(NC(=O)[C@H](C)n2cnc3ccccc32)n[nH]1. The third kappa shape index (κ3) is 3.12. The smallest absolute Gasteiger partial charge is 0.249 e.